The number of hydrogen-bond donors (Lipinski definition) is 0. The van der Waals surface area contributed by atoms with Crippen molar-refractivity contribution in [3.8, 4) is 0 Å². The van der Waals surface area contributed by atoms with Gasteiger partial charge < -0.3 is 0 Å². The van der Waals surface area contributed by atoms with Gasteiger partial charge in [0.1, 0.15) is 0 Å². The highest BCUT2D eigenvalue weighted by molar-refractivity contribution is 5.50. The van der Waals surface area contributed by atoms with Crippen molar-refractivity contribution in [3.05, 3.63) is 120 Å². The lowest BCUT2D eigenvalue weighted by Gasteiger charge is -2.29. The molecule has 0 heterocycles. The lowest BCUT2D eigenvalue weighted by molar-refractivity contribution is 0.813. The molecule has 2 aromatic rings. The summed E-state index contributed by atoms with van der Waals surface area (Å²) < 4.78 is 0. The molecule has 2 aromatic carbocycles. The quantitative estimate of drug-likeness (QED) is 0.397. The van der Waals surface area contributed by atoms with Crippen LogP contribution in [0.3, 0.4) is 0 Å². The van der Waals surface area contributed by atoms with Crippen LogP contribution in [0.2, 0.25) is 0 Å². The normalized spacial score (nSPS) is 12.8. The van der Waals surface area contributed by atoms with Crippen LogP contribution in [0.5, 0.6) is 0 Å². The first-order chi connectivity index (χ1) is 11.8. The summed E-state index contributed by atoms with van der Waals surface area (Å²) in [5.41, 5.74) is 3.49. The molecule has 0 aliphatic rings. The lowest BCUT2D eigenvalue weighted by Crippen LogP contribution is -2.22. The zero-order valence-electron chi connectivity index (χ0n) is 14.7. The van der Waals surface area contributed by atoms with Crippen LogP contribution in [0, 0.1) is 0 Å². The van der Waals surface area contributed by atoms with E-state index in [4.69, 9.17) is 0 Å². The molecule has 0 aromatic heterocycles. The molecule has 0 radical (unpaired) electrons. The second kappa shape index (κ2) is 8.88. The van der Waals surface area contributed by atoms with Crippen LogP contribution in [-0.4, -0.2) is 0 Å². The number of rotatable bonds is 7. The van der Waals surface area contributed by atoms with Crippen LogP contribution in [0.4, 0.5) is 0 Å². The van der Waals surface area contributed by atoms with E-state index in [2.05, 4.69) is 111 Å². The smallest absolute Gasteiger partial charge is 0.0565 e. The molecule has 0 nitrogen and oxygen atoms in total. The number of benzene rings is 2. The fourth-order valence-corrected chi connectivity index (χ4v) is 2.95. The molecule has 0 saturated carbocycles. The van der Waals surface area contributed by atoms with Crippen LogP contribution >= 0.6 is 0 Å². The van der Waals surface area contributed by atoms with Crippen molar-refractivity contribution in [1.29, 1.82) is 0 Å². The molecule has 0 atom stereocenters. The SMILES string of the molecule is C=C/C(=C\C=C\C(/C=C/C)(c1ccccc1)c1ccccc1)CC. The molecule has 2 rings (SSSR count). The Morgan fingerprint density at radius 2 is 1.46 bits per heavy atom. The molecule has 0 aliphatic carbocycles. The maximum Gasteiger partial charge on any atom is 0.0565 e. The van der Waals surface area contributed by atoms with Crippen molar-refractivity contribution >= 4 is 0 Å². The van der Waals surface area contributed by atoms with Gasteiger partial charge in [0, 0.05) is 0 Å². The molecule has 0 aliphatic heterocycles. The highest BCUT2D eigenvalue weighted by Crippen LogP contribution is 2.35. The Kier molecular flexibility index (Phi) is 6.57. The molecule has 0 unspecified atom stereocenters. The van der Waals surface area contributed by atoms with Crippen molar-refractivity contribution in [1.82, 2.24) is 0 Å². The topological polar surface area (TPSA) is 0 Å². The molecule has 0 bridgehead atoms. The largest absolute Gasteiger partial charge is 0.0988 e. The summed E-state index contributed by atoms with van der Waals surface area (Å²) in [5.74, 6) is 0. The first-order valence-electron chi connectivity index (χ1n) is 8.52. The predicted octanol–water partition coefficient (Wildman–Crippen LogP) is 6.63. The average Bonchev–Trinajstić information content (AvgIpc) is 2.66. The Hall–Kier alpha value is -2.60. The third-order valence-electron chi connectivity index (χ3n) is 4.27. The summed E-state index contributed by atoms with van der Waals surface area (Å²) in [5, 5.41) is 0. The maximum absolute atomic E-state index is 3.88. The molecule has 0 N–H and O–H groups in total. The summed E-state index contributed by atoms with van der Waals surface area (Å²) in [6.07, 6.45) is 13.9. The molecule has 0 saturated heterocycles. The van der Waals surface area contributed by atoms with Crippen LogP contribution < -0.4 is 0 Å². The van der Waals surface area contributed by atoms with E-state index in [0.717, 1.165) is 6.42 Å². The fourth-order valence-electron chi connectivity index (χ4n) is 2.95. The van der Waals surface area contributed by atoms with E-state index in [1.807, 2.05) is 6.08 Å². The third kappa shape index (κ3) is 4.02. The van der Waals surface area contributed by atoms with Gasteiger partial charge in [0.25, 0.3) is 0 Å². The predicted molar refractivity (Wildman–Crippen MR) is 106 cm³/mol. The van der Waals surface area contributed by atoms with Crippen molar-refractivity contribution in [2.45, 2.75) is 25.7 Å². The lowest BCUT2D eigenvalue weighted by atomic mass is 9.74. The van der Waals surface area contributed by atoms with E-state index in [9.17, 15) is 0 Å². The van der Waals surface area contributed by atoms with Crippen LogP contribution in [-0.2, 0) is 5.41 Å². The van der Waals surface area contributed by atoms with Gasteiger partial charge in [-0.15, -0.1) is 0 Å². The van der Waals surface area contributed by atoms with Crippen molar-refractivity contribution in [2.24, 2.45) is 0 Å². The minimum atomic E-state index is -0.270. The van der Waals surface area contributed by atoms with E-state index in [1.165, 1.54) is 16.7 Å². The zero-order chi connectivity index (χ0) is 17.3. The van der Waals surface area contributed by atoms with Gasteiger partial charge in [-0.05, 0) is 30.0 Å². The highest BCUT2D eigenvalue weighted by Gasteiger charge is 2.27. The maximum atomic E-state index is 3.88. The van der Waals surface area contributed by atoms with Gasteiger partial charge >= 0.3 is 0 Å². The number of allylic oxidation sites excluding steroid dienone is 7. The summed E-state index contributed by atoms with van der Waals surface area (Å²) in [6, 6.07) is 21.3. The monoisotopic (exact) mass is 314 g/mol. The van der Waals surface area contributed by atoms with E-state index < -0.39 is 0 Å². The molecule has 24 heavy (non-hydrogen) atoms. The fraction of sp³-hybridized carbons (Fsp3) is 0.167. The molecule has 0 amide bonds. The zero-order valence-corrected chi connectivity index (χ0v) is 14.7. The standard InChI is InChI=1S/C24H26/c1-4-19-24(22-15-9-7-10-16-22,23-17-11-8-12-18-23)20-13-14-21(5-2)6-3/h4-5,7-20H,2,6H2,1,3H3/b19-4+,20-13+,21-14+. The van der Waals surface area contributed by atoms with Crippen LogP contribution in [0.25, 0.3) is 0 Å². The van der Waals surface area contributed by atoms with Gasteiger partial charge in [-0.1, -0.05) is 111 Å². The first kappa shape index (κ1) is 17.7. The van der Waals surface area contributed by atoms with E-state index in [1.54, 1.807) is 0 Å². The van der Waals surface area contributed by atoms with Gasteiger partial charge in [-0.2, -0.15) is 0 Å². The third-order valence-corrected chi connectivity index (χ3v) is 4.27. The van der Waals surface area contributed by atoms with Crippen molar-refractivity contribution in [2.75, 3.05) is 0 Å². The second-order valence-corrected chi connectivity index (χ2v) is 5.76. The Morgan fingerprint density at radius 3 is 1.88 bits per heavy atom. The van der Waals surface area contributed by atoms with Crippen molar-refractivity contribution in [3.63, 3.8) is 0 Å². The number of hydrogen-bond acceptors (Lipinski definition) is 0. The van der Waals surface area contributed by atoms with Crippen LogP contribution in [0.15, 0.2) is 109 Å². The second-order valence-electron chi connectivity index (χ2n) is 5.76. The summed E-state index contributed by atoms with van der Waals surface area (Å²) in [4.78, 5) is 0. The molecular formula is C24H26. The molecule has 0 heteroatoms. The molecule has 0 fully saturated rings. The Morgan fingerprint density at radius 1 is 0.917 bits per heavy atom. The van der Waals surface area contributed by atoms with Gasteiger partial charge in [0.2, 0.25) is 0 Å². The first-order valence-corrected chi connectivity index (χ1v) is 8.52. The Labute approximate surface area is 146 Å². The summed E-state index contributed by atoms with van der Waals surface area (Å²) in [6.45, 7) is 8.11. The van der Waals surface area contributed by atoms with Crippen molar-refractivity contribution < 1.29 is 0 Å². The van der Waals surface area contributed by atoms with Gasteiger partial charge in [-0.25, -0.2) is 0 Å². The van der Waals surface area contributed by atoms with E-state index in [0.29, 0.717) is 0 Å². The van der Waals surface area contributed by atoms with Gasteiger partial charge in [0.05, 0.1) is 5.41 Å². The molecule has 0 spiro atoms. The minimum absolute atomic E-state index is 0.270. The average molecular weight is 314 g/mol. The molecular weight excluding hydrogens is 288 g/mol. The minimum Gasteiger partial charge on any atom is -0.0988 e. The molecule has 122 valence electrons. The van der Waals surface area contributed by atoms with Gasteiger partial charge in [-0.3, -0.25) is 0 Å². The Bertz CT molecular complexity index is 676. The van der Waals surface area contributed by atoms with E-state index in [-0.39, 0.29) is 5.41 Å². The summed E-state index contributed by atoms with van der Waals surface area (Å²) >= 11 is 0. The van der Waals surface area contributed by atoms with Crippen LogP contribution in [0.1, 0.15) is 31.4 Å². The highest BCUT2D eigenvalue weighted by atomic mass is 14.3. The van der Waals surface area contributed by atoms with Gasteiger partial charge in [0.15, 0.2) is 0 Å². The van der Waals surface area contributed by atoms with E-state index >= 15 is 0 Å². The Balaban J connectivity index is 2.61. The summed E-state index contributed by atoms with van der Waals surface area (Å²) in [7, 11) is 0.